The van der Waals surface area contributed by atoms with Crippen molar-refractivity contribution in [3.05, 3.63) is 46.8 Å². The summed E-state index contributed by atoms with van der Waals surface area (Å²) in [6.07, 6.45) is 4.14. The van der Waals surface area contributed by atoms with Crippen molar-refractivity contribution in [1.29, 1.82) is 0 Å². The maximum absolute atomic E-state index is 11.9. The zero-order valence-corrected chi connectivity index (χ0v) is 9.21. The molecule has 1 aliphatic heterocycles. The SMILES string of the molecule is NC1CCn2c1nc(-c1ccncc1)cc2=O. The van der Waals surface area contributed by atoms with Crippen LogP contribution in [0.5, 0.6) is 0 Å². The molecule has 17 heavy (non-hydrogen) atoms. The molecular formula is C12H12N4O. The zero-order valence-electron chi connectivity index (χ0n) is 9.21. The molecule has 5 nitrogen and oxygen atoms in total. The van der Waals surface area contributed by atoms with Crippen LogP contribution in [-0.2, 0) is 6.54 Å². The molecule has 1 atom stereocenters. The third kappa shape index (κ3) is 1.64. The Balaban J connectivity index is 2.18. The maximum atomic E-state index is 11.9. The summed E-state index contributed by atoms with van der Waals surface area (Å²) in [5.41, 5.74) is 7.45. The summed E-state index contributed by atoms with van der Waals surface area (Å²) >= 11 is 0. The van der Waals surface area contributed by atoms with Gasteiger partial charge in [0.05, 0.1) is 11.7 Å². The van der Waals surface area contributed by atoms with Crippen LogP contribution in [0.2, 0.25) is 0 Å². The number of nitrogens with two attached hydrogens (primary N) is 1. The molecule has 1 aliphatic rings. The lowest BCUT2D eigenvalue weighted by atomic mass is 10.2. The largest absolute Gasteiger partial charge is 0.321 e. The molecule has 3 rings (SSSR count). The average Bonchev–Trinajstić information content (AvgIpc) is 2.73. The van der Waals surface area contributed by atoms with Gasteiger partial charge in [0.15, 0.2) is 0 Å². The summed E-state index contributed by atoms with van der Waals surface area (Å²) in [5, 5.41) is 0. The lowest BCUT2D eigenvalue weighted by molar-refractivity contribution is 0.678. The second-order valence-corrected chi connectivity index (χ2v) is 4.12. The first kappa shape index (κ1) is 10.2. The van der Waals surface area contributed by atoms with Gasteiger partial charge in [0.25, 0.3) is 5.56 Å². The molecule has 0 fully saturated rings. The van der Waals surface area contributed by atoms with Crippen molar-refractivity contribution >= 4 is 0 Å². The molecule has 2 aromatic rings. The maximum Gasteiger partial charge on any atom is 0.254 e. The van der Waals surface area contributed by atoms with Crippen molar-refractivity contribution in [3.63, 3.8) is 0 Å². The predicted molar refractivity (Wildman–Crippen MR) is 63.3 cm³/mol. The van der Waals surface area contributed by atoms with E-state index in [0.29, 0.717) is 18.1 Å². The number of fused-ring (bicyclic) bond motifs is 1. The van der Waals surface area contributed by atoms with E-state index in [4.69, 9.17) is 5.73 Å². The molecule has 0 amide bonds. The Morgan fingerprint density at radius 2 is 2.12 bits per heavy atom. The minimum atomic E-state index is -0.135. The van der Waals surface area contributed by atoms with Gasteiger partial charge < -0.3 is 5.73 Å². The highest BCUT2D eigenvalue weighted by atomic mass is 16.1. The second-order valence-electron chi connectivity index (χ2n) is 4.12. The van der Waals surface area contributed by atoms with Crippen molar-refractivity contribution < 1.29 is 0 Å². The number of hydrogen-bond acceptors (Lipinski definition) is 4. The first-order chi connectivity index (χ1) is 8.25. The van der Waals surface area contributed by atoms with E-state index >= 15 is 0 Å². The van der Waals surface area contributed by atoms with Crippen LogP contribution in [0.1, 0.15) is 18.3 Å². The van der Waals surface area contributed by atoms with Crippen LogP contribution in [0.25, 0.3) is 11.3 Å². The Bertz CT molecular complexity index is 606. The molecule has 0 aliphatic carbocycles. The van der Waals surface area contributed by atoms with E-state index in [-0.39, 0.29) is 11.6 Å². The van der Waals surface area contributed by atoms with Gasteiger partial charge in [-0.25, -0.2) is 4.98 Å². The third-order valence-electron chi connectivity index (χ3n) is 3.01. The van der Waals surface area contributed by atoms with E-state index in [9.17, 15) is 4.79 Å². The summed E-state index contributed by atoms with van der Waals surface area (Å²) in [4.78, 5) is 20.3. The second kappa shape index (κ2) is 3.78. The molecule has 0 spiro atoms. The molecule has 2 aromatic heterocycles. The smallest absolute Gasteiger partial charge is 0.254 e. The predicted octanol–water partition coefficient (Wildman–Crippen LogP) is 0.709. The van der Waals surface area contributed by atoms with Crippen molar-refractivity contribution in [3.8, 4) is 11.3 Å². The molecule has 0 aromatic carbocycles. The standard InChI is InChI=1S/C12H12N4O/c13-9-3-6-16-11(17)7-10(15-12(9)16)8-1-4-14-5-2-8/h1-2,4-5,7,9H,3,6,13H2. The van der Waals surface area contributed by atoms with Crippen LogP contribution < -0.4 is 11.3 Å². The highest BCUT2D eigenvalue weighted by Crippen LogP contribution is 2.22. The highest BCUT2D eigenvalue weighted by Gasteiger charge is 2.22. The Labute approximate surface area is 97.9 Å². The molecule has 0 saturated heterocycles. The summed E-state index contributed by atoms with van der Waals surface area (Å²) in [6.45, 7) is 0.666. The average molecular weight is 228 g/mol. The van der Waals surface area contributed by atoms with E-state index in [1.54, 1.807) is 23.0 Å². The van der Waals surface area contributed by atoms with E-state index < -0.39 is 0 Å². The van der Waals surface area contributed by atoms with Gasteiger partial charge in [-0.1, -0.05) is 0 Å². The number of rotatable bonds is 1. The Morgan fingerprint density at radius 1 is 1.35 bits per heavy atom. The quantitative estimate of drug-likeness (QED) is 0.780. The normalized spacial score (nSPS) is 18.1. The number of aromatic nitrogens is 3. The number of pyridine rings is 1. The number of nitrogens with zero attached hydrogens (tertiary/aromatic N) is 3. The van der Waals surface area contributed by atoms with Crippen molar-refractivity contribution in [2.75, 3.05) is 0 Å². The van der Waals surface area contributed by atoms with Crippen LogP contribution in [0.4, 0.5) is 0 Å². The molecule has 5 heteroatoms. The first-order valence-corrected chi connectivity index (χ1v) is 5.53. The minimum absolute atomic E-state index is 0.0326. The molecule has 86 valence electrons. The van der Waals surface area contributed by atoms with Crippen LogP contribution >= 0.6 is 0 Å². The minimum Gasteiger partial charge on any atom is -0.321 e. The zero-order chi connectivity index (χ0) is 11.8. The summed E-state index contributed by atoms with van der Waals surface area (Å²) in [6, 6.07) is 5.08. The molecule has 0 radical (unpaired) electrons. The van der Waals surface area contributed by atoms with Crippen molar-refractivity contribution in [1.82, 2.24) is 14.5 Å². The monoisotopic (exact) mass is 228 g/mol. The van der Waals surface area contributed by atoms with Crippen LogP contribution in [0.15, 0.2) is 35.4 Å². The van der Waals surface area contributed by atoms with Crippen LogP contribution in [0.3, 0.4) is 0 Å². The topological polar surface area (TPSA) is 73.8 Å². The Hall–Kier alpha value is -2.01. The first-order valence-electron chi connectivity index (χ1n) is 5.53. The fourth-order valence-electron chi connectivity index (χ4n) is 2.10. The van der Waals surface area contributed by atoms with E-state index in [1.165, 1.54) is 0 Å². The van der Waals surface area contributed by atoms with Gasteiger partial charge in [0, 0.05) is 30.6 Å². The van der Waals surface area contributed by atoms with Crippen LogP contribution in [0, 0.1) is 0 Å². The third-order valence-corrected chi connectivity index (χ3v) is 3.01. The van der Waals surface area contributed by atoms with Gasteiger partial charge in [0.1, 0.15) is 5.82 Å². The fraction of sp³-hybridized carbons (Fsp3) is 0.250. The number of hydrogen-bond donors (Lipinski definition) is 1. The van der Waals surface area contributed by atoms with Gasteiger partial charge in [-0.15, -0.1) is 0 Å². The Kier molecular flexibility index (Phi) is 2.26. The van der Waals surface area contributed by atoms with Crippen molar-refractivity contribution in [2.24, 2.45) is 5.73 Å². The highest BCUT2D eigenvalue weighted by molar-refractivity contribution is 5.57. The van der Waals surface area contributed by atoms with Crippen molar-refractivity contribution in [2.45, 2.75) is 19.0 Å². The summed E-state index contributed by atoms with van der Waals surface area (Å²) in [7, 11) is 0. The van der Waals surface area contributed by atoms with Crippen LogP contribution in [-0.4, -0.2) is 14.5 Å². The molecule has 3 heterocycles. The fourth-order valence-corrected chi connectivity index (χ4v) is 2.10. The van der Waals surface area contributed by atoms with Gasteiger partial charge >= 0.3 is 0 Å². The molecular weight excluding hydrogens is 216 g/mol. The van der Waals surface area contributed by atoms with E-state index in [2.05, 4.69) is 9.97 Å². The van der Waals surface area contributed by atoms with E-state index in [0.717, 1.165) is 12.0 Å². The summed E-state index contributed by atoms with van der Waals surface area (Å²) < 4.78 is 1.65. The molecule has 0 bridgehead atoms. The van der Waals surface area contributed by atoms with Gasteiger partial charge in [0.2, 0.25) is 0 Å². The van der Waals surface area contributed by atoms with Gasteiger partial charge in [-0.2, -0.15) is 0 Å². The van der Waals surface area contributed by atoms with E-state index in [1.807, 2.05) is 12.1 Å². The lowest BCUT2D eigenvalue weighted by Gasteiger charge is -2.07. The summed E-state index contributed by atoms with van der Waals surface area (Å²) in [5.74, 6) is 0.685. The lowest BCUT2D eigenvalue weighted by Crippen LogP contribution is -2.21. The Morgan fingerprint density at radius 3 is 2.88 bits per heavy atom. The van der Waals surface area contributed by atoms with Gasteiger partial charge in [-0.3, -0.25) is 14.3 Å². The molecule has 1 unspecified atom stereocenters. The molecule has 2 N–H and O–H groups in total. The molecule has 0 saturated carbocycles. The van der Waals surface area contributed by atoms with Gasteiger partial charge in [-0.05, 0) is 18.6 Å².